The third kappa shape index (κ3) is 3.44. The lowest BCUT2D eigenvalue weighted by Gasteiger charge is -2.21. The second kappa shape index (κ2) is 8.38. The Labute approximate surface area is 165 Å². The van der Waals surface area contributed by atoms with Gasteiger partial charge < -0.3 is 18.9 Å². The van der Waals surface area contributed by atoms with Gasteiger partial charge in [0.25, 0.3) is 0 Å². The summed E-state index contributed by atoms with van der Waals surface area (Å²) in [6.07, 6.45) is 2.13. The minimum absolute atomic E-state index is 0.319. The number of carbonyl (C=O) groups excluding carboxylic acids is 1. The lowest BCUT2D eigenvalue weighted by Crippen LogP contribution is -2.08. The van der Waals surface area contributed by atoms with Crippen LogP contribution in [0.1, 0.15) is 30.0 Å². The molecule has 0 amide bonds. The van der Waals surface area contributed by atoms with Gasteiger partial charge in [0.05, 0.1) is 27.9 Å². The molecular formula is C23H26O5. The second-order valence-corrected chi connectivity index (χ2v) is 6.79. The molecule has 2 aromatic rings. The van der Waals surface area contributed by atoms with Gasteiger partial charge in [0.1, 0.15) is 0 Å². The van der Waals surface area contributed by atoms with Crippen molar-refractivity contribution in [3.8, 4) is 28.4 Å². The molecular weight excluding hydrogens is 356 g/mol. The van der Waals surface area contributed by atoms with Crippen LogP contribution in [-0.4, -0.2) is 33.9 Å². The molecule has 0 aliphatic heterocycles. The van der Waals surface area contributed by atoms with Gasteiger partial charge in [-0.2, -0.15) is 0 Å². The highest BCUT2D eigenvalue weighted by atomic mass is 16.5. The number of fused-ring (bicyclic) bond motifs is 3. The number of hydrogen-bond donors (Lipinski definition) is 0. The molecule has 5 nitrogen and oxygen atoms in total. The average Bonchev–Trinajstić information content (AvgIpc) is 3.08. The first kappa shape index (κ1) is 19.8. The topological polar surface area (TPSA) is 54.0 Å². The van der Waals surface area contributed by atoms with Crippen LogP contribution >= 0.6 is 0 Å². The third-order valence-electron chi connectivity index (χ3n) is 4.98. The van der Waals surface area contributed by atoms with E-state index < -0.39 is 0 Å². The number of hydrogen-bond acceptors (Lipinski definition) is 5. The van der Waals surface area contributed by atoms with E-state index in [1.165, 1.54) is 11.1 Å². The summed E-state index contributed by atoms with van der Waals surface area (Å²) in [5.41, 5.74) is 6.13. The van der Waals surface area contributed by atoms with E-state index in [9.17, 15) is 4.79 Å². The minimum Gasteiger partial charge on any atom is -0.492 e. The lowest BCUT2D eigenvalue weighted by atomic mass is 9.94. The van der Waals surface area contributed by atoms with Crippen molar-refractivity contribution >= 4 is 5.97 Å². The summed E-state index contributed by atoms with van der Waals surface area (Å²) < 4.78 is 22.4. The van der Waals surface area contributed by atoms with Crippen LogP contribution in [0.15, 0.2) is 36.4 Å². The number of benzene rings is 2. The Kier molecular flexibility index (Phi) is 5.93. The molecule has 0 heterocycles. The summed E-state index contributed by atoms with van der Waals surface area (Å²) in [5.74, 6) is 1.62. The molecule has 28 heavy (non-hydrogen) atoms. The molecule has 0 radical (unpaired) electrons. The van der Waals surface area contributed by atoms with Gasteiger partial charge in [-0.25, -0.2) is 4.79 Å². The molecule has 0 atom stereocenters. The predicted octanol–water partition coefficient (Wildman–Crippen LogP) is 4.34. The van der Waals surface area contributed by atoms with Crippen LogP contribution in [0.5, 0.6) is 17.2 Å². The lowest BCUT2D eigenvalue weighted by molar-refractivity contribution is -0.139. The fourth-order valence-electron chi connectivity index (χ4n) is 3.78. The van der Waals surface area contributed by atoms with Crippen molar-refractivity contribution < 1.29 is 23.7 Å². The normalized spacial score (nSPS) is 11.4. The van der Waals surface area contributed by atoms with Crippen molar-refractivity contribution in [1.29, 1.82) is 0 Å². The Morgan fingerprint density at radius 2 is 1.71 bits per heavy atom. The molecule has 0 spiro atoms. The molecule has 5 heteroatoms. The summed E-state index contributed by atoms with van der Waals surface area (Å²) in [7, 11) is 4.90. The van der Waals surface area contributed by atoms with E-state index in [4.69, 9.17) is 18.9 Å². The zero-order valence-corrected chi connectivity index (χ0v) is 16.9. The Morgan fingerprint density at radius 1 is 1.04 bits per heavy atom. The van der Waals surface area contributed by atoms with Crippen LogP contribution in [0, 0.1) is 0 Å². The highest BCUT2D eigenvalue weighted by Crippen LogP contribution is 2.53. The summed E-state index contributed by atoms with van der Waals surface area (Å²) >= 11 is 0. The molecule has 3 rings (SSSR count). The average molecular weight is 382 g/mol. The largest absolute Gasteiger partial charge is 0.492 e. The summed E-state index contributed by atoms with van der Waals surface area (Å²) in [6, 6.07) is 8.33. The van der Waals surface area contributed by atoms with Gasteiger partial charge in [-0.3, -0.25) is 0 Å². The Bertz CT molecular complexity index is 914. The highest BCUT2D eigenvalue weighted by molar-refractivity contribution is 5.87. The van der Waals surface area contributed by atoms with Crippen LogP contribution in [0.4, 0.5) is 0 Å². The van der Waals surface area contributed by atoms with Gasteiger partial charge in [0, 0.05) is 23.1 Å². The van der Waals surface area contributed by atoms with Crippen LogP contribution in [-0.2, 0) is 22.4 Å². The first-order valence-electron chi connectivity index (χ1n) is 9.28. The van der Waals surface area contributed by atoms with E-state index in [1.807, 2.05) is 12.1 Å². The first-order valence-corrected chi connectivity index (χ1v) is 9.28. The number of methoxy groups -OCH3 is 3. The van der Waals surface area contributed by atoms with Crippen LogP contribution in [0.25, 0.3) is 11.1 Å². The van der Waals surface area contributed by atoms with Gasteiger partial charge >= 0.3 is 5.97 Å². The summed E-state index contributed by atoms with van der Waals surface area (Å²) in [5, 5.41) is 0. The van der Waals surface area contributed by atoms with Gasteiger partial charge in [-0.15, -0.1) is 0 Å². The number of rotatable bonds is 8. The van der Waals surface area contributed by atoms with E-state index in [1.54, 1.807) is 28.3 Å². The van der Waals surface area contributed by atoms with Crippen molar-refractivity contribution in [3.63, 3.8) is 0 Å². The molecule has 1 aliphatic carbocycles. The number of carbonyl (C=O) groups is 1. The Morgan fingerprint density at radius 3 is 2.36 bits per heavy atom. The smallest absolute Gasteiger partial charge is 0.333 e. The van der Waals surface area contributed by atoms with E-state index in [-0.39, 0.29) is 5.97 Å². The molecule has 0 fully saturated rings. The van der Waals surface area contributed by atoms with E-state index in [0.717, 1.165) is 23.1 Å². The van der Waals surface area contributed by atoms with Crippen molar-refractivity contribution in [3.05, 3.63) is 53.1 Å². The van der Waals surface area contributed by atoms with E-state index in [2.05, 4.69) is 18.7 Å². The zero-order chi connectivity index (χ0) is 20.3. The maximum Gasteiger partial charge on any atom is 0.333 e. The van der Waals surface area contributed by atoms with Gasteiger partial charge in [-0.05, 0) is 36.5 Å². The monoisotopic (exact) mass is 382 g/mol. The van der Waals surface area contributed by atoms with E-state index in [0.29, 0.717) is 42.3 Å². The fourth-order valence-corrected chi connectivity index (χ4v) is 3.78. The standard InChI is InChI=1S/C23H26O5/c1-14(2)23(24)28-12-8-11-17-19-16-10-7-6-9-15(16)13-18(19)21(26-4)22(27-5)20(17)25-3/h6-7,9-10H,1,8,11-13H2,2-5H3. The van der Waals surface area contributed by atoms with Crippen molar-refractivity contribution in [2.45, 2.75) is 26.2 Å². The Hall–Kier alpha value is -2.95. The van der Waals surface area contributed by atoms with Crippen LogP contribution in [0.3, 0.4) is 0 Å². The van der Waals surface area contributed by atoms with Crippen molar-refractivity contribution in [1.82, 2.24) is 0 Å². The van der Waals surface area contributed by atoms with Gasteiger partial charge in [0.2, 0.25) is 5.75 Å². The van der Waals surface area contributed by atoms with Crippen molar-refractivity contribution in [2.75, 3.05) is 27.9 Å². The number of esters is 1. The molecule has 0 saturated carbocycles. The molecule has 0 aromatic heterocycles. The maximum atomic E-state index is 11.6. The Balaban J connectivity index is 2.02. The second-order valence-electron chi connectivity index (χ2n) is 6.79. The molecule has 0 bridgehead atoms. The van der Waals surface area contributed by atoms with Crippen LogP contribution in [0.2, 0.25) is 0 Å². The molecule has 0 unspecified atom stereocenters. The summed E-state index contributed by atoms with van der Waals surface area (Å²) in [6.45, 7) is 5.57. The molecule has 0 N–H and O–H groups in total. The molecule has 148 valence electrons. The maximum absolute atomic E-state index is 11.6. The quantitative estimate of drug-likeness (QED) is 0.330. The fraction of sp³-hybridized carbons (Fsp3) is 0.348. The molecule has 1 aliphatic rings. The summed E-state index contributed by atoms with van der Waals surface area (Å²) in [4.78, 5) is 11.6. The highest BCUT2D eigenvalue weighted by Gasteiger charge is 2.31. The van der Waals surface area contributed by atoms with Crippen LogP contribution < -0.4 is 14.2 Å². The zero-order valence-electron chi connectivity index (χ0n) is 16.9. The van der Waals surface area contributed by atoms with Gasteiger partial charge in [0.15, 0.2) is 11.5 Å². The van der Waals surface area contributed by atoms with Crippen molar-refractivity contribution in [2.24, 2.45) is 0 Å². The third-order valence-corrected chi connectivity index (χ3v) is 4.98. The molecule has 2 aromatic carbocycles. The predicted molar refractivity (Wildman–Crippen MR) is 108 cm³/mol. The minimum atomic E-state index is -0.366. The molecule has 0 saturated heterocycles. The SMILES string of the molecule is C=C(C)C(=O)OCCCc1c(OC)c(OC)c(OC)c2c1-c1ccccc1C2. The number of ether oxygens (including phenoxy) is 4. The van der Waals surface area contributed by atoms with E-state index >= 15 is 0 Å². The first-order chi connectivity index (χ1) is 13.5. The van der Waals surface area contributed by atoms with Gasteiger partial charge in [-0.1, -0.05) is 30.8 Å².